The fourth-order valence-electron chi connectivity index (χ4n) is 7.96. The Morgan fingerprint density at radius 1 is 0.875 bits per heavy atom. The molecule has 4 unspecified atom stereocenters. The molecule has 2 heterocycles. The molecule has 0 saturated carbocycles. The van der Waals surface area contributed by atoms with Gasteiger partial charge in [0.2, 0.25) is 0 Å². The first kappa shape index (κ1) is 30.2. The van der Waals surface area contributed by atoms with Gasteiger partial charge >= 0.3 is 0 Å². The minimum Gasteiger partial charge on any atom is -0.356 e. The highest BCUT2D eigenvalue weighted by Crippen LogP contribution is 2.50. The van der Waals surface area contributed by atoms with Crippen LogP contribution in [0.1, 0.15) is 60.5 Å². The second-order valence-electron chi connectivity index (χ2n) is 13.3. The van der Waals surface area contributed by atoms with E-state index in [4.69, 9.17) is 0 Å². The van der Waals surface area contributed by atoms with Crippen molar-refractivity contribution in [1.82, 2.24) is 10.6 Å². The first-order valence-corrected chi connectivity index (χ1v) is 17.4. The summed E-state index contributed by atoms with van der Waals surface area (Å²) in [5, 5.41) is 7.90. The van der Waals surface area contributed by atoms with Gasteiger partial charge in [0.1, 0.15) is 0 Å². The van der Waals surface area contributed by atoms with Crippen LogP contribution in [0.3, 0.4) is 0 Å². The summed E-state index contributed by atoms with van der Waals surface area (Å²) < 4.78 is 0. The van der Waals surface area contributed by atoms with Crippen LogP contribution >= 0.6 is 0 Å². The second kappa shape index (κ2) is 13.2. The molecule has 3 nitrogen and oxygen atoms in total. The number of nitrogens with zero attached hydrogens (tertiary/aromatic N) is 1. The Labute approximate surface area is 285 Å². The molecular formula is C45H43N3. The molecule has 0 bridgehead atoms. The predicted octanol–water partition coefficient (Wildman–Crippen LogP) is 10.8. The summed E-state index contributed by atoms with van der Waals surface area (Å²) in [6.45, 7) is 4.36. The third kappa shape index (κ3) is 5.69. The molecular weight excluding hydrogens is 583 g/mol. The van der Waals surface area contributed by atoms with Gasteiger partial charge in [-0.2, -0.15) is 0 Å². The molecule has 3 heteroatoms. The maximum absolute atomic E-state index is 4.22. The third-order valence-electron chi connectivity index (χ3n) is 10.3. The zero-order valence-electron chi connectivity index (χ0n) is 27.8. The van der Waals surface area contributed by atoms with Gasteiger partial charge in [-0.25, -0.2) is 0 Å². The van der Waals surface area contributed by atoms with Crippen molar-refractivity contribution in [3.05, 3.63) is 185 Å². The fourth-order valence-corrected chi connectivity index (χ4v) is 7.96. The molecule has 2 N–H and O–H groups in total. The Morgan fingerprint density at radius 3 is 2.54 bits per heavy atom. The van der Waals surface area contributed by atoms with E-state index >= 15 is 0 Å². The molecule has 0 radical (unpaired) electrons. The lowest BCUT2D eigenvalue weighted by Gasteiger charge is -2.40. The number of aryl methyl sites for hydroxylation is 1. The smallest absolute Gasteiger partial charge is 0.0722 e. The van der Waals surface area contributed by atoms with Gasteiger partial charge in [-0.05, 0) is 96.3 Å². The Bertz CT molecular complexity index is 2010. The normalized spacial score (nSPS) is 23.0. The van der Waals surface area contributed by atoms with Crippen molar-refractivity contribution in [2.24, 2.45) is 5.92 Å². The van der Waals surface area contributed by atoms with Crippen LogP contribution in [0.4, 0.5) is 11.4 Å². The topological polar surface area (TPSA) is 27.3 Å². The summed E-state index contributed by atoms with van der Waals surface area (Å²) in [6, 6.07) is 36.2. The van der Waals surface area contributed by atoms with Crippen LogP contribution in [0.2, 0.25) is 0 Å². The Morgan fingerprint density at radius 2 is 1.75 bits per heavy atom. The van der Waals surface area contributed by atoms with Crippen molar-refractivity contribution in [3.63, 3.8) is 0 Å². The van der Waals surface area contributed by atoms with Crippen LogP contribution in [0.25, 0.3) is 16.8 Å². The van der Waals surface area contributed by atoms with E-state index in [-0.39, 0.29) is 18.1 Å². The van der Waals surface area contributed by atoms with Crippen LogP contribution in [-0.2, 0) is 0 Å². The van der Waals surface area contributed by atoms with Crippen molar-refractivity contribution in [3.8, 4) is 11.1 Å². The molecule has 0 aromatic heterocycles. The van der Waals surface area contributed by atoms with Crippen LogP contribution in [0.5, 0.6) is 0 Å². The van der Waals surface area contributed by atoms with Crippen LogP contribution in [0.15, 0.2) is 163 Å². The quantitative estimate of drug-likeness (QED) is 0.200. The number of anilines is 2. The average Bonchev–Trinajstić information content (AvgIpc) is 3.48. The van der Waals surface area contributed by atoms with Gasteiger partial charge in [0.25, 0.3) is 0 Å². The Hall–Kier alpha value is -5.12. The van der Waals surface area contributed by atoms with Gasteiger partial charge in [0.15, 0.2) is 0 Å². The zero-order chi connectivity index (χ0) is 32.5. The SMILES string of the molecule is C/C=C(\NC1=CCCC=C1)c1cccc(N2c3ccccc3C3NC(c4ccc(-c5ccccc5)c(C)c4)C(C4C=CC=CC4)=CC32)c1. The third-order valence-corrected chi connectivity index (χ3v) is 10.3. The summed E-state index contributed by atoms with van der Waals surface area (Å²) in [5.74, 6) is 0.343. The number of nitrogens with one attached hydrogen (secondary N) is 2. The molecule has 4 aromatic rings. The number of fused-ring (bicyclic) bond motifs is 3. The van der Waals surface area contributed by atoms with Crippen molar-refractivity contribution in [2.75, 3.05) is 4.90 Å². The second-order valence-corrected chi connectivity index (χ2v) is 13.3. The van der Waals surface area contributed by atoms with Crippen LogP contribution in [0, 0.1) is 12.8 Å². The van der Waals surface area contributed by atoms with Crippen LogP contribution < -0.4 is 15.5 Å². The first-order chi connectivity index (χ1) is 23.7. The molecule has 0 amide bonds. The molecule has 4 atom stereocenters. The molecule has 2 aliphatic carbocycles. The monoisotopic (exact) mass is 625 g/mol. The summed E-state index contributed by atoms with van der Waals surface area (Å²) in [6.07, 6.45) is 23.8. The van der Waals surface area contributed by atoms with Gasteiger partial charge in [-0.1, -0.05) is 127 Å². The van der Waals surface area contributed by atoms with Gasteiger partial charge in [0.05, 0.1) is 18.1 Å². The minimum atomic E-state index is 0.117. The van der Waals surface area contributed by atoms with E-state index in [9.17, 15) is 0 Å². The molecule has 8 rings (SSSR count). The zero-order valence-corrected chi connectivity index (χ0v) is 27.8. The van der Waals surface area contributed by atoms with E-state index in [1.54, 1.807) is 0 Å². The number of hydrogen-bond donors (Lipinski definition) is 2. The van der Waals surface area contributed by atoms with Gasteiger partial charge in [0, 0.05) is 28.7 Å². The Balaban J connectivity index is 1.20. The molecule has 4 aromatic carbocycles. The van der Waals surface area contributed by atoms with Gasteiger partial charge in [-0.15, -0.1) is 0 Å². The number of rotatable bonds is 7. The minimum absolute atomic E-state index is 0.117. The van der Waals surface area contributed by atoms with Crippen molar-refractivity contribution in [1.29, 1.82) is 0 Å². The molecule has 48 heavy (non-hydrogen) atoms. The molecule has 0 fully saturated rings. The van der Waals surface area contributed by atoms with E-state index in [1.165, 1.54) is 56.0 Å². The highest BCUT2D eigenvalue weighted by Gasteiger charge is 2.44. The van der Waals surface area contributed by atoms with Crippen molar-refractivity contribution < 1.29 is 0 Å². The molecule has 2 aliphatic heterocycles. The molecule has 0 saturated heterocycles. The fraction of sp³-hybridized carbons (Fsp3) is 0.200. The highest BCUT2D eigenvalue weighted by atomic mass is 15.2. The van der Waals surface area contributed by atoms with E-state index in [0.717, 1.165) is 25.0 Å². The number of benzene rings is 4. The lowest BCUT2D eigenvalue weighted by atomic mass is 9.79. The van der Waals surface area contributed by atoms with E-state index in [1.807, 2.05) is 0 Å². The van der Waals surface area contributed by atoms with E-state index in [0.29, 0.717) is 5.92 Å². The molecule has 238 valence electrons. The van der Waals surface area contributed by atoms with E-state index in [2.05, 4.69) is 181 Å². The standard InChI is InChI=1S/C45H43N3/c1-3-41(46-36-21-11-6-12-22-36)34-20-15-23-37(29-34)48-42-25-14-13-24-39(42)45-43(48)30-40(33-18-9-5-10-19-33)44(47-45)35-26-27-38(31(2)28-35)32-16-7-4-8-17-32/h3-5,7-11,13-18,20-30,33,43-47H,6,12,19H2,1-2H3/b41-3-. The number of para-hydroxylation sites is 1. The van der Waals surface area contributed by atoms with Gasteiger partial charge in [-0.3, -0.25) is 5.32 Å². The maximum atomic E-state index is 4.22. The highest BCUT2D eigenvalue weighted by molar-refractivity contribution is 5.78. The van der Waals surface area contributed by atoms with Crippen molar-refractivity contribution in [2.45, 2.75) is 51.2 Å². The summed E-state index contributed by atoms with van der Waals surface area (Å²) >= 11 is 0. The van der Waals surface area contributed by atoms with Crippen LogP contribution in [-0.4, -0.2) is 6.04 Å². The van der Waals surface area contributed by atoms with Crippen molar-refractivity contribution >= 4 is 17.1 Å². The lowest BCUT2D eigenvalue weighted by molar-refractivity contribution is 0.414. The molecule has 4 aliphatic rings. The number of hydrogen-bond acceptors (Lipinski definition) is 3. The predicted molar refractivity (Wildman–Crippen MR) is 202 cm³/mol. The average molecular weight is 626 g/mol. The molecule has 0 spiro atoms. The number of allylic oxidation sites excluding steroid dienone is 8. The maximum Gasteiger partial charge on any atom is 0.0722 e. The summed E-state index contributed by atoms with van der Waals surface area (Å²) in [5.41, 5.74) is 14.0. The summed E-state index contributed by atoms with van der Waals surface area (Å²) in [4.78, 5) is 2.56. The summed E-state index contributed by atoms with van der Waals surface area (Å²) in [7, 11) is 0. The Kier molecular flexibility index (Phi) is 8.30. The first-order valence-electron chi connectivity index (χ1n) is 17.4. The van der Waals surface area contributed by atoms with Gasteiger partial charge < -0.3 is 10.2 Å². The largest absolute Gasteiger partial charge is 0.356 e. The lowest BCUT2D eigenvalue weighted by Crippen LogP contribution is -2.43. The van der Waals surface area contributed by atoms with E-state index < -0.39 is 0 Å².